The molecule has 1 aliphatic rings. The molecule has 0 aliphatic carbocycles. The molecule has 0 spiro atoms. The molecule has 0 unspecified atom stereocenters. The van der Waals surface area contributed by atoms with E-state index in [1.165, 1.54) is 0 Å². The molecule has 1 atom stereocenters. The molecule has 3 heterocycles. The number of rotatable bonds is 5. The molecule has 0 amide bonds. The first-order valence-corrected chi connectivity index (χ1v) is 9.72. The Morgan fingerprint density at radius 2 is 2.07 bits per heavy atom. The van der Waals surface area contributed by atoms with E-state index in [0.717, 1.165) is 41.7 Å². The second-order valence-corrected chi connectivity index (χ2v) is 7.84. The predicted octanol–water partition coefficient (Wildman–Crippen LogP) is 1.73. The van der Waals surface area contributed by atoms with Crippen LogP contribution in [0.3, 0.4) is 0 Å². The van der Waals surface area contributed by atoms with Gasteiger partial charge >= 0.3 is 0 Å². The number of aliphatic hydroxyl groups is 1. The highest BCUT2D eigenvalue weighted by molar-refractivity contribution is 5.78. The Kier molecular flexibility index (Phi) is 5.30. The van der Waals surface area contributed by atoms with Crippen molar-refractivity contribution in [2.45, 2.75) is 32.2 Å². The molecule has 7 nitrogen and oxygen atoms in total. The quantitative estimate of drug-likeness (QED) is 0.704. The van der Waals surface area contributed by atoms with Crippen molar-refractivity contribution in [3.8, 4) is 0 Å². The van der Waals surface area contributed by atoms with Crippen LogP contribution < -0.4 is 5.56 Å². The maximum atomic E-state index is 12.5. The van der Waals surface area contributed by atoms with E-state index in [-0.39, 0.29) is 5.56 Å². The molecule has 0 radical (unpaired) electrons. The summed E-state index contributed by atoms with van der Waals surface area (Å²) in [6, 6.07) is 11.8. The number of aliphatic hydroxyl groups excluding tert-OH is 1. The van der Waals surface area contributed by atoms with Gasteiger partial charge in [0.1, 0.15) is 6.10 Å². The second-order valence-electron chi connectivity index (χ2n) is 7.84. The highest BCUT2D eigenvalue weighted by Crippen LogP contribution is 2.20. The first-order chi connectivity index (χ1) is 13.5. The number of nitrogens with one attached hydrogen (secondary N) is 1. The number of hydrogen-bond donors (Lipinski definition) is 2. The molecule has 0 bridgehead atoms. The Balaban J connectivity index is 1.54. The highest BCUT2D eigenvalue weighted by atomic mass is 16.3. The van der Waals surface area contributed by atoms with Gasteiger partial charge in [-0.25, -0.2) is 0 Å². The summed E-state index contributed by atoms with van der Waals surface area (Å²) >= 11 is 0. The summed E-state index contributed by atoms with van der Waals surface area (Å²) in [5, 5.41) is 16.0. The van der Waals surface area contributed by atoms with Gasteiger partial charge in [-0.2, -0.15) is 5.10 Å². The summed E-state index contributed by atoms with van der Waals surface area (Å²) in [5.74, 6) is 0. The zero-order valence-electron chi connectivity index (χ0n) is 16.4. The number of aryl methyl sites for hydroxylation is 1. The number of aromatic amines is 1. The highest BCUT2D eigenvalue weighted by Gasteiger charge is 2.21. The third kappa shape index (κ3) is 4.01. The molecule has 3 aromatic rings. The van der Waals surface area contributed by atoms with Crippen LogP contribution in [-0.2, 0) is 19.6 Å². The lowest BCUT2D eigenvalue weighted by molar-refractivity contribution is 0.133. The Morgan fingerprint density at radius 3 is 2.89 bits per heavy atom. The van der Waals surface area contributed by atoms with Crippen LogP contribution in [0, 0.1) is 0 Å². The van der Waals surface area contributed by atoms with E-state index in [1.54, 1.807) is 0 Å². The fraction of sp³-hybridized carbons (Fsp3) is 0.429. The molecule has 2 N–H and O–H groups in total. The maximum Gasteiger partial charge on any atom is 0.252 e. The summed E-state index contributed by atoms with van der Waals surface area (Å²) in [6.45, 7) is 3.60. The molecule has 0 saturated heterocycles. The minimum Gasteiger partial charge on any atom is -0.385 e. The standard InChI is InChI=1S/C21H27N5O2/c1-24(2)14-20(27)19-11-17-13-25(8-5-9-26(17)23-19)12-16-10-15-6-3-4-7-18(15)22-21(16)28/h3-4,6-7,10-11,20,27H,5,8-9,12-14H2,1-2H3,(H,22,28)/t20-/m1/s1. The lowest BCUT2D eigenvalue weighted by Crippen LogP contribution is -2.26. The lowest BCUT2D eigenvalue weighted by Gasteiger charge is -2.19. The van der Waals surface area contributed by atoms with Crippen molar-refractivity contribution in [3.05, 3.63) is 63.7 Å². The van der Waals surface area contributed by atoms with Gasteiger partial charge in [0.15, 0.2) is 0 Å². The van der Waals surface area contributed by atoms with Gasteiger partial charge in [-0.1, -0.05) is 18.2 Å². The summed E-state index contributed by atoms with van der Waals surface area (Å²) in [6.07, 6.45) is 0.370. The van der Waals surface area contributed by atoms with Crippen LogP contribution in [0.2, 0.25) is 0 Å². The third-order valence-electron chi connectivity index (χ3n) is 5.22. The van der Waals surface area contributed by atoms with Crippen molar-refractivity contribution in [1.29, 1.82) is 0 Å². The molecule has 4 rings (SSSR count). The van der Waals surface area contributed by atoms with E-state index < -0.39 is 6.10 Å². The molecule has 2 aromatic heterocycles. The number of H-pyrrole nitrogens is 1. The van der Waals surface area contributed by atoms with Crippen molar-refractivity contribution in [2.75, 3.05) is 27.2 Å². The molecule has 28 heavy (non-hydrogen) atoms. The third-order valence-corrected chi connectivity index (χ3v) is 5.22. The summed E-state index contributed by atoms with van der Waals surface area (Å²) in [7, 11) is 3.88. The topological polar surface area (TPSA) is 77.4 Å². The van der Waals surface area contributed by atoms with Crippen molar-refractivity contribution in [3.63, 3.8) is 0 Å². The monoisotopic (exact) mass is 381 g/mol. The van der Waals surface area contributed by atoms with Crippen LogP contribution in [0.5, 0.6) is 0 Å². The fourth-order valence-corrected chi connectivity index (χ4v) is 3.84. The maximum absolute atomic E-state index is 12.5. The van der Waals surface area contributed by atoms with E-state index in [1.807, 2.05) is 60.1 Å². The predicted molar refractivity (Wildman–Crippen MR) is 109 cm³/mol. The van der Waals surface area contributed by atoms with Crippen molar-refractivity contribution < 1.29 is 5.11 Å². The molecule has 0 fully saturated rings. The van der Waals surface area contributed by atoms with Crippen LogP contribution in [0.4, 0.5) is 0 Å². The van der Waals surface area contributed by atoms with Gasteiger partial charge in [0.25, 0.3) is 5.56 Å². The van der Waals surface area contributed by atoms with E-state index in [0.29, 0.717) is 25.3 Å². The Hall–Kier alpha value is -2.48. The van der Waals surface area contributed by atoms with E-state index >= 15 is 0 Å². The molecule has 148 valence electrons. The number of para-hydroxylation sites is 1. The average Bonchev–Trinajstić information content (AvgIpc) is 2.95. The largest absolute Gasteiger partial charge is 0.385 e. The lowest BCUT2D eigenvalue weighted by atomic mass is 10.1. The van der Waals surface area contributed by atoms with Gasteiger partial charge in [0.05, 0.1) is 11.4 Å². The minimum absolute atomic E-state index is 0.0291. The van der Waals surface area contributed by atoms with Crippen molar-refractivity contribution in [1.82, 2.24) is 24.6 Å². The number of benzene rings is 1. The number of nitrogens with zero attached hydrogens (tertiary/aromatic N) is 4. The minimum atomic E-state index is -0.591. The fourth-order valence-electron chi connectivity index (χ4n) is 3.84. The number of fused-ring (bicyclic) bond motifs is 2. The van der Waals surface area contributed by atoms with Crippen LogP contribution in [0.15, 0.2) is 41.2 Å². The zero-order valence-corrected chi connectivity index (χ0v) is 16.4. The number of hydrogen-bond acceptors (Lipinski definition) is 5. The molecular weight excluding hydrogens is 354 g/mol. The normalized spacial score (nSPS) is 16.3. The molecular formula is C21H27N5O2. The molecule has 1 aliphatic heterocycles. The van der Waals surface area contributed by atoms with E-state index in [2.05, 4.69) is 15.0 Å². The summed E-state index contributed by atoms with van der Waals surface area (Å²) < 4.78 is 2.00. The smallest absolute Gasteiger partial charge is 0.252 e. The van der Waals surface area contributed by atoms with Crippen LogP contribution >= 0.6 is 0 Å². The van der Waals surface area contributed by atoms with Crippen LogP contribution in [0.1, 0.15) is 29.5 Å². The van der Waals surface area contributed by atoms with Gasteiger partial charge in [-0.05, 0) is 44.1 Å². The van der Waals surface area contributed by atoms with Crippen LogP contribution in [0.25, 0.3) is 10.9 Å². The second kappa shape index (κ2) is 7.87. The zero-order chi connectivity index (χ0) is 19.7. The van der Waals surface area contributed by atoms with Crippen molar-refractivity contribution >= 4 is 10.9 Å². The Bertz CT molecular complexity index is 1020. The average molecular weight is 381 g/mol. The SMILES string of the molecule is CN(C)C[C@@H](O)c1cc2n(n1)CCCN(Cc1cc3ccccc3[nH]c1=O)C2. The summed E-state index contributed by atoms with van der Waals surface area (Å²) in [5.41, 5.74) is 3.42. The van der Waals surface area contributed by atoms with Crippen molar-refractivity contribution in [2.24, 2.45) is 0 Å². The first-order valence-electron chi connectivity index (χ1n) is 9.72. The first kappa shape index (κ1) is 18.9. The molecule has 0 saturated carbocycles. The van der Waals surface area contributed by atoms with Gasteiger partial charge in [-0.15, -0.1) is 0 Å². The number of pyridine rings is 1. The Labute approximate surface area is 164 Å². The molecule has 7 heteroatoms. The van der Waals surface area contributed by atoms with E-state index in [4.69, 9.17) is 0 Å². The number of aromatic nitrogens is 3. The van der Waals surface area contributed by atoms with Gasteiger partial charge in [0, 0.05) is 43.8 Å². The van der Waals surface area contributed by atoms with Gasteiger partial charge in [-0.3, -0.25) is 14.4 Å². The molecule has 1 aromatic carbocycles. The van der Waals surface area contributed by atoms with E-state index in [9.17, 15) is 9.90 Å². The van der Waals surface area contributed by atoms with Gasteiger partial charge < -0.3 is 15.0 Å². The summed E-state index contributed by atoms with van der Waals surface area (Å²) in [4.78, 5) is 19.7. The van der Waals surface area contributed by atoms with Crippen LogP contribution in [-0.4, -0.2) is 56.9 Å². The van der Waals surface area contributed by atoms with Gasteiger partial charge in [0.2, 0.25) is 0 Å². The number of likely N-dealkylation sites (N-methyl/N-ethyl adjacent to an activating group) is 1. The Morgan fingerprint density at radius 1 is 1.25 bits per heavy atom.